The van der Waals surface area contributed by atoms with Crippen molar-refractivity contribution in [2.24, 2.45) is 17.4 Å². The molecule has 1 fully saturated rings. The van der Waals surface area contributed by atoms with E-state index in [0.717, 1.165) is 5.56 Å². The molecule has 0 radical (unpaired) electrons. The number of carbonyl (C=O) groups is 10. The Morgan fingerprint density at radius 3 is 1.75 bits per heavy atom. The van der Waals surface area contributed by atoms with Crippen LogP contribution in [0.25, 0.3) is 0 Å². The molecule has 4 rings (SSSR count). The topological polar surface area (TPSA) is 391 Å². The van der Waals surface area contributed by atoms with Crippen LogP contribution < -0.4 is 48.7 Å². The summed E-state index contributed by atoms with van der Waals surface area (Å²) in [6.07, 6.45) is -1.67. The second-order valence-corrected chi connectivity index (χ2v) is 18.6. The number of aliphatic hydroxyl groups excluding tert-OH is 2. The van der Waals surface area contributed by atoms with Crippen LogP contribution in [0.15, 0.2) is 84.9 Å². The lowest BCUT2D eigenvalue weighted by atomic mass is 10.00. The third-order valence-electron chi connectivity index (χ3n) is 12.2. The van der Waals surface area contributed by atoms with Crippen LogP contribution in [0.1, 0.15) is 63.1 Å². The predicted molar refractivity (Wildman–Crippen MR) is 269 cm³/mol. The molecule has 406 valence electrons. The summed E-state index contributed by atoms with van der Waals surface area (Å²) in [5.41, 5.74) is 13.2. The molecule has 24 nitrogen and oxygen atoms in total. The van der Waals surface area contributed by atoms with Crippen LogP contribution in [0.4, 0.5) is 0 Å². The van der Waals surface area contributed by atoms with Gasteiger partial charge in [-0.1, -0.05) is 86.6 Å². The van der Waals surface area contributed by atoms with E-state index in [1.807, 2.05) is 0 Å². The normalized spacial score (nSPS) is 16.3. The number of hydrogen-bond acceptors (Lipinski definition) is 14. The molecule has 0 aliphatic carbocycles. The Labute approximate surface area is 433 Å². The first-order chi connectivity index (χ1) is 35.6. The number of carbonyl (C=O) groups excluding carboxylic acids is 9. The van der Waals surface area contributed by atoms with Crippen LogP contribution in [0, 0.1) is 5.92 Å². The van der Waals surface area contributed by atoms with Gasteiger partial charge >= 0.3 is 5.97 Å². The fourth-order valence-electron chi connectivity index (χ4n) is 8.12. The standard InChI is InChI=1S/C51H68N10O14/c1-28(2)42(59-47(70)38(27-62)55-41(66)26-54-45(68)35(20-21-40(53)65)56-44(67)34(52)23-30-11-6-4-7-12-30)49(72)58-37(25-32-16-18-33(64)19-17-32)50(73)61-22-10-15-39(61)48(71)57-36(24-31-13-8-5-9-14-31)46(69)60-43(29(3)63)51(74)75/h4-9,11-14,16-19,28-29,34-39,42-43,62-64H,10,15,20-27,52H2,1-3H3,(H2,53,65)(H,54,68)(H,55,66)(H,56,67)(H,57,71)(H,58,72)(H,59,70)(H,60,69)(H,74,75)/t29-,34+,35+,36+,37+,38+,39+,42+,43+/m1/s1. The number of aliphatic hydroxyl groups is 2. The number of likely N-dealkylation sites (tertiary alicyclic amines) is 1. The van der Waals surface area contributed by atoms with Crippen molar-refractivity contribution in [1.82, 2.24) is 42.1 Å². The SMILES string of the molecule is CC(C)[C@H](NC(=O)[C@H](CO)NC(=O)CNC(=O)[C@H](CCC(N)=O)NC(=O)[C@@H](N)Cc1ccccc1)C(=O)N[C@@H](Cc1ccc(O)cc1)C(=O)N1CCC[C@H]1C(=O)N[C@@H](Cc1ccccc1)C(=O)N[C@H](C(=O)O)[C@@H](C)O. The molecule has 9 atom stereocenters. The highest BCUT2D eigenvalue weighted by atomic mass is 16.4. The van der Waals surface area contributed by atoms with Crippen LogP contribution in [0.3, 0.4) is 0 Å². The van der Waals surface area contributed by atoms with Crippen LogP contribution >= 0.6 is 0 Å². The zero-order chi connectivity index (χ0) is 55.4. The number of hydrogen-bond donors (Lipinski definition) is 13. The lowest BCUT2D eigenvalue weighted by Gasteiger charge is -2.31. The average molecular weight is 1050 g/mol. The molecule has 0 spiro atoms. The molecule has 9 amide bonds. The Morgan fingerprint density at radius 2 is 1.19 bits per heavy atom. The van der Waals surface area contributed by atoms with Crippen molar-refractivity contribution in [2.75, 3.05) is 19.7 Å². The first-order valence-corrected chi connectivity index (χ1v) is 24.4. The van der Waals surface area contributed by atoms with Crippen LogP contribution in [0.2, 0.25) is 0 Å². The third kappa shape index (κ3) is 18.8. The number of rotatable bonds is 28. The number of aromatic hydroxyl groups is 1. The smallest absolute Gasteiger partial charge is 0.328 e. The fraction of sp³-hybridized carbons (Fsp3) is 0.451. The Bertz CT molecular complexity index is 2460. The summed E-state index contributed by atoms with van der Waals surface area (Å²) < 4.78 is 0. The van der Waals surface area contributed by atoms with Gasteiger partial charge in [0.15, 0.2) is 6.04 Å². The molecule has 3 aromatic carbocycles. The van der Waals surface area contributed by atoms with Crippen molar-refractivity contribution in [3.63, 3.8) is 0 Å². The predicted octanol–water partition coefficient (Wildman–Crippen LogP) is -2.86. The maximum Gasteiger partial charge on any atom is 0.328 e. The van der Waals surface area contributed by atoms with Gasteiger partial charge in [-0.3, -0.25) is 43.2 Å². The van der Waals surface area contributed by atoms with Gasteiger partial charge in [0.1, 0.15) is 42.0 Å². The molecule has 75 heavy (non-hydrogen) atoms. The van der Waals surface area contributed by atoms with E-state index in [-0.39, 0.29) is 50.8 Å². The van der Waals surface area contributed by atoms with Gasteiger partial charge in [-0.2, -0.15) is 0 Å². The summed E-state index contributed by atoms with van der Waals surface area (Å²) in [6.45, 7) is 2.65. The van der Waals surface area contributed by atoms with E-state index < -0.39 is 133 Å². The van der Waals surface area contributed by atoms with Gasteiger partial charge in [0.25, 0.3) is 0 Å². The molecular weight excluding hydrogens is 977 g/mol. The zero-order valence-electron chi connectivity index (χ0n) is 41.9. The Balaban J connectivity index is 1.46. The van der Waals surface area contributed by atoms with E-state index in [9.17, 15) is 68.4 Å². The summed E-state index contributed by atoms with van der Waals surface area (Å²) in [6, 6.07) is 12.0. The number of nitrogens with zero attached hydrogens (tertiary/aromatic N) is 1. The van der Waals surface area contributed by atoms with Crippen molar-refractivity contribution in [3.05, 3.63) is 102 Å². The Kier molecular flexibility index (Phi) is 23.1. The van der Waals surface area contributed by atoms with Crippen molar-refractivity contribution in [2.45, 2.75) is 120 Å². The van der Waals surface area contributed by atoms with E-state index in [4.69, 9.17) is 11.5 Å². The van der Waals surface area contributed by atoms with E-state index in [0.29, 0.717) is 17.5 Å². The van der Waals surface area contributed by atoms with E-state index in [2.05, 4.69) is 37.2 Å². The number of nitrogens with two attached hydrogens (primary N) is 2. The number of nitrogens with one attached hydrogen (secondary N) is 7. The number of carboxylic acids is 1. The molecule has 24 heteroatoms. The largest absolute Gasteiger partial charge is 0.508 e. The molecule has 3 aromatic rings. The highest BCUT2D eigenvalue weighted by Crippen LogP contribution is 2.22. The van der Waals surface area contributed by atoms with Crippen molar-refractivity contribution in [3.8, 4) is 5.75 Å². The monoisotopic (exact) mass is 1040 g/mol. The van der Waals surface area contributed by atoms with Gasteiger partial charge in [-0.15, -0.1) is 0 Å². The number of primary amides is 1. The zero-order valence-corrected chi connectivity index (χ0v) is 41.9. The highest BCUT2D eigenvalue weighted by molar-refractivity contribution is 5.98. The second-order valence-electron chi connectivity index (χ2n) is 18.6. The number of carboxylic acid groups (broad SMARTS) is 1. The molecule has 1 aliphatic rings. The van der Waals surface area contributed by atoms with Crippen molar-refractivity contribution < 1.29 is 68.4 Å². The minimum Gasteiger partial charge on any atom is -0.508 e. The number of amides is 9. The number of benzene rings is 3. The molecule has 0 saturated carbocycles. The van der Waals surface area contributed by atoms with Gasteiger partial charge in [0.05, 0.1) is 25.3 Å². The van der Waals surface area contributed by atoms with Crippen LogP contribution in [-0.4, -0.2) is 159 Å². The summed E-state index contributed by atoms with van der Waals surface area (Å²) in [7, 11) is 0. The minimum atomic E-state index is -1.70. The molecule has 0 unspecified atom stereocenters. The summed E-state index contributed by atoms with van der Waals surface area (Å²) in [5.74, 6) is -9.87. The van der Waals surface area contributed by atoms with Gasteiger partial charge in [0.2, 0.25) is 53.2 Å². The minimum absolute atomic E-state index is 0.0474. The number of phenolic OH excluding ortho intramolecular Hbond substituents is 1. The lowest BCUT2D eigenvalue weighted by molar-refractivity contribution is -0.145. The van der Waals surface area contributed by atoms with E-state index in [1.165, 1.54) is 36.1 Å². The average Bonchev–Trinajstić information content (AvgIpc) is 3.87. The number of phenols is 1. The molecule has 1 heterocycles. The fourth-order valence-corrected chi connectivity index (χ4v) is 8.12. The highest BCUT2D eigenvalue weighted by Gasteiger charge is 2.41. The van der Waals surface area contributed by atoms with Crippen LogP contribution in [0.5, 0.6) is 5.75 Å². The summed E-state index contributed by atoms with van der Waals surface area (Å²) in [4.78, 5) is 134. The molecule has 0 aromatic heterocycles. The quantitative estimate of drug-likeness (QED) is 0.0348. The van der Waals surface area contributed by atoms with Crippen molar-refractivity contribution in [1.29, 1.82) is 0 Å². The third-order valence-corrected chi connectivity index (χ3v) is 12.2. The first-order valence-electron chi connectivity index (χ1n) is 24.4. The summed E-state index contributed by atoms with van der Waals surface area (Å²) >= 11 is 0. The first kappa shape index (κ1) is 59.6. The van der Waals surface area contributed by atoms with Gasteiger partial charge in [-0.25, -0.2) is 4.79 Å². The second kappa shape index (κ2) is 29.1. The lowest BCUT2D eigenvalue weighted by Crippen LogP contribution is -2.61. The maximum atomic E-state index is 14.6. The van der Waals surface area contributed by atoms with Gasteiger partial charge < -0.3 is 74.0 Å². The van der Waals surface area contributed by atoms with E-state index in [1.54, 1.807) is 74.5 Å². The Morgan fingerprint density at radius 1 is 0.640 bits per heavy atom. The number of aliphatic carboxylic acids is 1. The molecule has 0 bridgehead atoms. The molecule has 15 N–H and O–H groups in total. The van der Waals surface area contributed by atoms with E-state index >= 15 is 0 Å². The Hall–Kier alpha value is -7.96. The maximum absolute atomic E-state index is 14.6. The summed E-state index contributed by atoms with van der Waals surface area (Å²) in [5, 5.41) is 57.0. The van der Waals surface area contributed by atoms with Gasteiger partial charge in [-0.05, 0) is 67.3 Å². The van der Waals surface area contributed by atoms with Crippen LogP contribution in [-0.2, 0) is 67.2 Å². The molecule has 1 aliphatic heterocycles. The van der Waals surface area contributed by atoms with Crippen molar-refractivity contribution >= 4 is 59.1 Å². The van der Waals surface area contributed by atoms with Gasteiger partial charge in [0, 0.05) is 25.8 Å². The molecular formula is C51H68N10O14. The molecule has 1 saturated heterocycles.